The van der Waals surface area contributed by atoms with Gasteiger partial charge in [0.1, 0.15) is 0 Å². The molecule has 0 radical (unpaired) electrons. The smallest absolute Gasteiger partial charge is 0.321 e. The van der Waals surface area contributed by atoms with Crippen molar-refractivity contribution in [1.82, 2.24) is 10.2 Å². The quantitative estimate of drug-likeness (QED) is 0.796. The van der Waals surface area contributed by atoms with Gasteiger partial charge in [-0.1, -0.05) is 19.1 Å². The molecular formula is C17H24N4O2. The van der Waals surface area contributed by atoms with Crippen LogP contribution in [0, 0.1) is 11.8 Å². The van der Waals surface area contributed by atoms with Crippen molar-refractivity contribution in [3.63, 3.8) is 0 Å². The van der Waals surface area contributed by atoms with Crippen molar-refractivity contribution in [2.24, 2.45) is 11.8 Å². The molecule has 3 amide bonds. The molecule has 0 bridgehead atoms. The topological polar surface area (TPSA) is 73.5 Å². The Labute approximate surface area is 136 Å². The predicted molar refractivity (Wildman–Crippen MR) is 90.4 cm³/mol. The van der Waals surface area contributed by atoms with Gasteiger partial charge < -0.3 is 20.9 Å². The summed E-state index contributed by atoms with van der Waals surface area (Å²) in [5.74, 6) is 0.347. The fourth-order valence-corrected chi connectivity index (χ4v) is 2.94. The van der Waals surface area contributed by atoms with Crippen LogP contribution in [0.15, 0.2) is 24.3 Å². The Morgan fingerprint density at radius 3 is 2.30 bits per heavy atom. The molecule has 0 spiro atoms. The fourth-order valence-electron chi connectivity index (χ4n) is 2.94. The molecule has 0 saturated carbocycles. The van der Waals surface area contributed by atoms with E-state index in [-0.39, 0.29) is 17.9 Å². The SMILES string of the molecule is CC(C(=O)Nc1ccccc1NC(=O)N1CCCC1)C1CNC1. The largest absolute Gasteiger partial charge is 0.325 e. The lowest BCUT2D eigenvalue weighted by Gasteiger charge is -2.31. The minimum absolute atomic E-state index is 0.000582. The van der Waals surface area contributed by atoms with E-state index in [1.807, 2.05) is 31.2 Å². The maximum absolute atomic E-state index is 12.4. The zero-order valence-electron chi connectivity index (χ0n) is 13.5. The maximum atomic E-state index is 12.4. The number of nitrogens with one attached hydrogen (secondary N) is 3. The molecule has 2 aliphatic rings. The first-order valence-corrected chi connectivity index (χ1v) is 8.31. The first-order chi connectivity index (χ1) is 11.1. The van der Waals surface area contributed by atoms with E-state index >= 15 is 0 Å². The first kappa shape index (κ1) is 15.8. The average molecular weight is 316 g/mol. The minimum atomic E-state index is -0.0968. The van der Waals surface area contributed by atoms with Crippen molar-refractivity contribution in [3.8, 4) is 0 Å². The van der Waals surface area contributed by atoms with Crippen LogP contribution in [-0.4, -0.2) is 43.0 Å². The van der Waals surface area contributed by atoms with Crippen LogP contribution >= 0.6 is 0 Å². The highest BCUT2D eigenvalue weighted by molar-refractivity contribution is 5.99. The van der Waals surface area contributed by atoms with Crippen molar-refractivity contribution in [2.45, 2.75) is 19.8 Å². The second-order valence-corrected chi connectivity index (χ2v) is 6.37. The van der Waals surface area contributed by atoms with Gasteiger partial charge in [-0.2, -0.15) is 0 Å². The molecule has 0 aromatic heterocycles. The standard InChI is InChI=1S/C17H24N4O2/c1-12(13-10-18-11-13)16(22)19-14-6-2-3-7-15(14)20-17(23)21-8-4-5-9-21/h2-3,6-7,12-13,18H,4-5,8-11H2,1H3,(H,19,22)(H,20,23). The van der Waals surface area contributed by atoms with E-state index in [4.69, 9.17) is 0 Å². The Morgan fingerprint density at radius 2 is 1.74 bits per heavy atom. The number of nitrogens with zero attached hydrogens (tertiary/aromatic N) is 1. The molecule has 124 valence electrons. The molecule has 3 rings (SSSR count). The number of anilines is 2. The Hall–Kier alpha value is -2.08. The van der Waals surface area contributed by atoms with Crippen LogP contribution in [-0.2, 0) is 4.79 Å². The van der Waals surface area contributed by atoms with Gasteiger partial charge in [-0.25, -0.2) is 4.79 Å². The molecule has 6 heteroatoms. The van der Waals surface area contributed by atoms with Crippen molar-refractivity contribution in [3.05, 3.63) is 24.3 Å². The summed E-state index contributed by atoms with van der Waals surface area (Å²) < 4.78 is 0. The molecule has 0 aliphatic carbocycles. The Bertz CT molecular complexity index is 580. The van der Waals surface area contributed by atoms with E-state index in [1.54, 1.807) is 4.90 Å². The maximum Gasteiger partial charge on any atom is 0.321 e. The van der Waals surface area contributed by atoms with E-state index < -0.39 is 0 Å². The van der Waals surface area contributed by atoms with E-state index in [0.717, 1.165) is 39.0 Å². The van der Waals surface area contributed by atoms with E-state index in [2.05, 4.69) is 16.0 Å². The number of hydrogen-bond acceptors (Lipinski definition) is 3. The molecule has 2 aliphatic heterocycles. The fraction of sp³-hybridized carbons (Fsp3) is 0.529. The molecule has 1 unspecified atom stereocenters. The number of hydrogen-bond donors (Lipinski definition) is 3. The number of para-hydroxylation sites is 2. The molecule has 6 nitrogen and oxygen atoms in total. The first-order valence-electron chi connectivity index (χ1n) is 8.31. The van der Waals surface area contributed by atoms with Gasteiger partial charge in [-0.15, -0.1) is 0 Å². The molecule has 1 aromatic carbocycles. The van der Waals surface area contributed by atoms with Crippen LogP contribution in [0.5, 0.6) is 0 Å². The number of carbonyl (C=O) groups is 2. The lowest BCUT2D eigenvalue weighted by atomic mass is 9.88. The summed E-state index contributed by atoms with van der Waals surface area (Å²) in [6, 6.07) is 7.26. The van der Waals surface area contributed by atoms with Gasteiger partial charge >= 0.3 is 6.03 Å². The third kappa shape index (κ3) is 3.64. The van der Waals surface area contributed by atoms with Gasteiger partial charge in [0, 0.05) is 19.0 Å². The highest BCUT2D eigenvalue weighted by Gasteiger charge is 2.29. The summed E-state index contributed by atoms with van der Waals surface area (Å²) in [5.41, 5.74) is 1.31. The zero-order chi connectivity index (χ0) is 16.2. The third-order valence-electron chi connectivity index (χ3n) is 4.75. The van der Waals surface area contributed by atoms with Gasteiger partial charge in [0.15, 0.2) is 0 Å². The summed E-state index contributed by atoms with van der Waals surface area (Å²) in [6.45, 7) is 5.33. The molecule has 1 atom stereocenters. The van der Waals surface area contributed by atoms with Gasteiger partial charge in [0.05, 0.1) is 11.4 Å². The van der Waals surface area contributed by atoms with Crippen molar-refractivity contribution < 1.29 is 9.59 Å². The minimum Gasteiger partial charge on any atom is -0.325 e. The molecular weight excluding hydrogens is 292 g/mol. The summed E-state index contributed by atoms with van der Waals surface area (Å²) >= 11 is 0. The van der Waals surface area contributed by atoms with Crippen molar-refractivity contribution >= 4 is 23.3 Å². The second-order valence-electron chi connectivity index (χ2n) is 6.37. The number of rotatable bonds is 4. The number of urea groups is 1. The molecule has 23 heavy (non-hydrogen) atoms. The monoisotopic (exact) mass is 316 g/mol. The predicted octanol–water partition coefficient (Wildman–Crippen LogP) is 2.11. The number of carbonyl (C=O) groups excluding carboxylic acids is 2. The lowest BCUT2D eigenvalue weighted by Crippen LogP contribution is -2.48. The van der Waals surface area contributed by atoms with Gasteiger partial charge in [-0.05, 0) is 44.0 Å². The zero-order valence-corrected chi connectivity index (χ0v) is 13.5. The van der Waals surface area contributed by atoms with Gasteiger partial charge in [-0.3, -0.25) is 4.79 Å². The molecule has 2 saturated heterocycles. The van der Waals surface area contributed by atoms with Crippen molar-refractivity contribution in [1.29, 1.82) is 0 Å². The number of likely N-dealkylation sites (tertiary alicyclic amines) is 1. The normalized spacial score (nSPS) is 19.1. The van der Waals surface area contributed by atoms with Crippen molar-refractivity contribution in [2.75, 3.05) is 36.8 Å². The third-order valence-corrected chi connectivity index (χ3v) is 4.75. The Balaban J connectivity index is 1.65. The van der Waals surface area contributed by atoms with Crippen LogP contribution in [0.25, 0.3) is 0 Å². The van der Waals surface area contributed by atoms with E-state index in [1.165, 1.54) is 0 Å². The summed E-state index contributed by atoms with van der Waals surface area (Å²) in [5, 5.41) is 9.06. The van der Waals surface area contributed by atoms with Crippen LogP contribution in [0.3, 0.4) is 0 Å². The van der Waals surface area contributed by atoms with Crippen LogP contribution in [0.2, 0.25) is 0 Å². The number of benzene rings is 1. The molecule has 1 aromatic rings. The van der Waals surface area contributed by atoms with E-state index in [0.29, 0.717) is 17.3 Å². The Morgan fingerprint density at radius 1 is 1.13 bits per heavy atom. The lowest BCUT2D eigenvalue weighted by molar-refractivity contribution is -0.121. The summed E-state index contributed by atoms with van der Waals surface area (Å²) in [7, 11) is 0. The second kappa shape index (κ2) is 7.00. The Kier molecular flexibility index (Phi) is 4.81. The van der Waals surface area contributed by atoms with Crippen LogP contribution < -0.4 is 16.0 Å². The van der Waals surface area contributed by atoms with Crippen LogP contribution in [0.1, 0.15) is 19.8 Å². The van der Waals surface area contributed by atoms with E-state index in [9.17, 15) is 9.59 Å². The van der Waals surface area contributed by atoms with Gasteiger partial charge in [0.2, 0.25) is 5.91 Å². The summed E-state index contributed by atoms with van der Waals surface area (Å²) in [4.78, 5) is 26.4. The highest BCUT2D eigenvalue weighted by Crippen LogP contribution is 2.24. The number of amides is 3. The highest BCUT2D eigenvalue weighted by atomic mass is 16.2. The van der Waals surface area contributed by atoms with Crippen LogP contribution in [0.4, 0.5) is 16.2 Å². The van der Waals surface area contributed by atoms with Gasteiger partial charge in [0.25, 0.3) is 0 Å². The summed E-state index contributed by atoms with van der Waals surface area (Å²) in [6.07, 6.45) is 2.11. The molecule has 2 fully saturated rings. The molecule has 3 N–H and O–H groups in total. The average Bonchev–Trinajstić information content (AvgIpc) is 3.01. The molecule has 2 heterocycles.